The number of imidazole rings is 1. The van der Waals surface area contributed by atoms with Crippen molar-refractivity contribution in [1.29, 1.82) is 0 Å². The van der Waals surface area contributed by atoms with Crippen LogP contribution in [0, 0.1) is 6.92 Å². The fourth-order valence-corrected chi connectivity index (χ4v) is 3.25. The van der Waals surface area contributed by atoms with E-state index >= 15 is 0 Å². The number of aryl methyl sites for hydroxylation is 1. The Kier molecular flexibility index (Phi) is 4.24. The first-order valence-electron chi connectivity index (χ1n) is 8.85. The third-order valence-corrected chi connectivity index (χ3v) is 4.77. The van der Waals surface area contributed by atoms with E-state index in [1.807, 2.05) is 59.8 Å². The standard InChI is InChI=1S/C20H21N5O/c1-14(18-5-3-4-9-22-18)25(16-6-7-16)20(26)19-13-17(8-10-23-19)24-12-11-21-15(24)2/h3-5,8-14,16H,6-7H2,1-2H3/t14-/m1/s1. The average molecular weight is 347 g/mol. The molecule has 6 nitrogen and oxygen atoms in total. The van der Waals surface area contributed by atoms with E-state index in [2.05, 4.69) is 15.0 Å². The highest BCUT2D eigenvalue weighted by Gasteiger charge is 2.37. The normalized spacial score (nSPS) is 14.8. The van der Waals surface area contributed by atoms with Gasteiger partial charge in [0.15, 0.2) is 0 Å². The monoisotopic (exact) mass is 347 g/mol. The van der Waals surface area contributed by atoms with Crippen molar-refractivity contribution >= 4 is 5.91 Å². The SMILES string of the molecule is Cc1nccn1-c1ccnc(C(=O)N(C2CC2)[C@H](C)c2ccccn2)c1. The Morgan fingerprint density at radius 1 is 1.15 bits per heavy atom. The van der Waals surface area contributed by atoms with Gasteiger partial charge in [0.2, 0.25) is 0 Å². The minimum atomic E-state index is -0.0864. The Hall–Kier alpha value is -3.02. The molecule has 1 amide bonds. The molecule has 0 aromatic carbocycles. The van der Waals surface area contributed by atoms with Gasteiger partial charge in [-0.05, 0) is 51.0 Å². The second-order valence-electron chi connectivity index (χ2n) is 6.62. The molecule has 0 aliphatic heterocycles. The minimum Gasteiger partial charge on any atom is -0.326 e. The minimum absolute atomic E-state index is 0.0507. The third-order valence-electron chi connectivity index (χ3n) is 4.77. The number of aromatic nitrogens is 4. The highest BCUT2D eigenvalue weighted by molar-refractivity contribution is 5.93. The van der Waals surface area contributed by atoms with E-state index in [4.69, 9.17) is 0 Å². The van der Waals surface area contributed by atoms with Crippen molar-refractivity contribution in [2.75, 3.05) is 0 Å². The van der Waals surface area contributed by atoms with Gasteiger partial charge in [-0.2, -0.15) is 0 Å². The Labute approximate surface area is 152 Å². The highest BCUT2D eigenvalue weighted by atomic mass is 16.2. The summed E-state index contributed by atoms with van der Waals surface area (Å²) in [4.78, 5) is 28.2. The topological polar surface area (TPSA) is 63.9 Å². The van der Waals surface area contributed by atoms with E-state index in [0.29, 0.717) is 5.69 Å². The third kappa shape index (κ3) is 3.10. The highest BCUT2D eigenvalue weighted by Crippen LogP contribution is 2.35. The molecule has 4 rings (SSSR count). The summed E-state index contributed by atoms with van der Waals surface area (Å²) in [6.07, 6.45) is 9.14. The van der Waals surface area contributed by atoms with Crippen LogP contribution in [0.2, 0.25) is 0 Å². The zero-order chi connectivity index (χ0) is 18.1. The Bertz CT molecular complexity index is 917. The molecule has 1 atom stereocenters. The number of amides is 1. The van der Waals surface area contributed by atoms with Gasteiger partial charge in [0.1, 0.15) is 11.5 Å². The van der Waals surface area contributed by atoms with Crippen LogP contribution in [0.25, 0.3) is 5.69 Å². The molecule has 3 aromatic rings. The molecule has 3 heterocycles. The molecule has 0 bridgehead atoms. The molecule has 1 saturated carbocycles. The van der Waals surface area contributed by atoms with Crippen LogP contribution >= 0.6 is 0 Å². The van der Waals surface area contributed by atoms with Gasteiger partial charge in [-0.3, -0.25) is 14.8 Å². The number of nitrogens with zero attached hydrogens (tertiary/aromatic N) is 5. The summed E-state index contributed by atoms with van der Waals surface area (Å²) in [5.74, 6) is 0.820. The van der Waals surface area contributed by atoms with Crippen LogP contribution in [0.3, 0.4) is 0 Å². The molecule has 0 unspecified atom stereocenters. The molecule has 26 heavy (non-hydrogen) atoms. The fraction of sp³-hybridized carbons (Fsp3) is 0.300. The lowest BCUT2D eigenvalue weighted by Gasteiger charge is -2.29. The van der Waals surface area contributed by atoms with Gasteiger partial charge in [0, 0.05) is 30.8 Å². The van der Waals surface area contributed by atoms with Gasteiger partial charge in [0.25, 0.3) is 5.91 Å². The quantitative estimate of drug-likeness (QED) is 0.710. The van der Waals surface area contributed by atoms with Crippen molar-refractivity contribution in [2.24, 2.45) is 0 Å². The predicted molar refractivity (Wildman–Crippen MR) is 97.9 cm³/mol. The maximum absolute atomic E-state index is 13.3. The van der Waals surface area contributed by atoms with Crippen molar-refractivity contribution in [3.63, 3.8) is 0 Å². The van der Waals surface area contributed by atoms with Crippen molar-refractivity contribution in [1.82, 2.24) is 24.4 Å². The number of carbonyl (C=O) groups excluding carboxylic acids is 1. The maximum atomic E-state index is 13.3. The van der Waals surface area contributed by atoms with Gasteiger partial charge in [-0.25, -0.2) is 4.98 Å². The molecule has 6 heteroatoms. The van der Waals surface area contributed by atoms with Gasteiger partial charge in [-0.15, -0.1) is 0 Å². The van der Waals surface area contributed by atoms with Crippen molar-refractivity contribution in [2.45, 2.75) is 38.8 Å². The summed E-state index contributed by atoms with van der Waals surface area (Å²) in [7, 11) is 0. The smallest absolute Gasteiger partial charge is 0.273 e. The van der Waals surface area contributed by atoms with E-state index in [1.54, 1.807) is 18.6 Å². The molecular formula is C20H21N5O. The first-order chi connectivity index (χ1) is 12.6. The molecule has 3 aromatic heterocycles. The summed E-state index contributed by atoms with van der Waals surface area (Å²) in [5.41, 5.74) is 2.24. The van der Waals surface area contributed by atoms with Crippen LogP contribution in [0.4, 0.5) is 0 Å². The molecule has 0 saturated heterocycles. The van der Waals surface area contributed by atoms with E-state index in [0.717, 1.165) is 30.0 Å². The maximum Gasteiger partial charge on any atom is 0.273 e. The molecule has 1 aliphatic rings. The van der Waals surface area contributed by atoms with E-state index in [1.165, 1.54) is 0 Å². The Balaban J connectivity index is 1.66. The Morgan fingerprint density at radius 3 is 2.65 bits per heavy atom. The molecular weight excluding hydrogens is 326 g/mol. The first-order valence-corrected chi connectivity index (χ1v) is 8.85. The van der Waals surface area contributed by atoms with Gasteiger partial charge in [0.05, 0.1) is 17.4 Å². The number of pyridine rings is 2. The summed E-state index contributed by atoms with van der Waals surface area (Å²) in [5, 5.41) is 0. The van der Waals surface area contributed by atoms with Crippen LogP contribution < -0.4 is 0 Å². The average Bonchev–Trinajstić information content (AvgIpc) is 3.42. The summed E-state index contributed by atoms with van der Waals surface area (Å²) in [6.45, 7) is 3.96. The number of carbonyl (C=O) groups is 1. The molecule has 1 aliphatic carbocycles. The van der Waals surface area contributed by atoms with Crippen LogP contribution in [-0.4, -0.2) is 36.4 Å². The second kappa shape index (κ2) is 6.71. The first kappa shape index (κ1) is 16.4. The fourth-order valence-electron chi connectivity index (χ4n) is 3.25. The van der Waals surface area contributed by atoms with Gasteiger partial charge < -0.3 is 9.47 Å². The van der Waals surface area contributed by atoms with Crippen LogP contribution in [0.1, 0.15) is 47.8 Å². The van der Waals surface area contributed by atoms with Crippen LogP contribution in [0.15, 0.2) is 55.1 Å². The predicted octanol–water partition coefficient (Wildman–Crippen LogP) is 3.34. The summed E-state index contributed by atoms with van der Waals surface area (Å²) >= 11 is 0. The molecule has 0 spiro atoms. The zero-order valence-electron chi connectivity index (χ0n) is 14.9. The lowest BCUT2D eigenvalue weighted by atomic mass is 10.1. The van der Waals surface area contributed by atoms with Gasteiger partial charge in [-0.1, -0.05) is 6.07 Å². The molecule has 0 N–H and O–H groups in total. The zero-order valence-corrected chi connectivity index (χ0v) is 14.9. The van der Waals surface area contributed by atoms with Crippen molar-refractivity contribution in [3.8, 4) is 5.69 Å². The van der Waals surface area contributed by atoms with Gasteiger partial charge >= 0.3 is 0 Å². The van der Waals surface area contributed by atoms with Crippen LogP contribution in [0.5, 0.6) is 0 Å². The summed E-state index contributed by atoms with van der Waals surface area (Å²) < 4.78 is 1.95. The largest absolute Gasteiger partial charge is 0.326 e. The van der Waals surface area contributed by atoms with E-state index in [9.17, 15) is 4.79 Å². The molecule has 132 valence electrons. The van der Waals surface area contributed by atoms with E-state index < -0.39 is 0 Å². The summed E-state index contributed by atoms with van der Waals surface area (Å²) in [6, 6.07) is 9.70. The lowest BCUT2D eigenvalue weighted by molar-refractivity contribution is 0.0664. The van der Waals surface area contributed by atoms with Crippen molar-refractivity contribution < 1.29 is 4.79 Å². The number of hydrogen-bond donors (Lipinski definition) is 0. The van der Waals surface area contributed by atoms with Crippen molar-refractivity contribution in [3.05, 3.63) is 72.3 Å². The number of rotatable bonds is 5. The lowest BCUT2D eigenvalue weighted by Crippen LogP contribution is -2.36. The number of hydrogen-bond acceptors (Lipinski definition) is 4. The second-order valence-corrected chi connectivity index (χ2v) is 6.62. The molecule has 1 fully saturated rings. The van der Waals surface area contributed by atoms with E-state index in [-0.39, 0.29) is 18.0 Å². The van der Waals surface area contributed by atoms with Crippen LogP contribution in [-0.2, 0) is 0 Å². The Morgan fingerprint density at radius 2 is 2.00 bits per heavy atom. The molecule has 0 radical (unpaired) electrons.